The number of halogens is 1. The summed E-state index contributed by atoms with van der Waals surface area (Å²) >= 11 is 0. The molecule has 1 aromatic rings. The summed E-state index contributed by atoms with van der Waals surface area (Å²) in [5, 5.41) is 0. The zero-order chi connectivity index (χ0) is 12.3. The highest BCUT2D eigenvalue weighted by Gasteiger charge is 2.23. The van der Waals surface area contributed by atoms with E-state index >= 15 is 0 Å². The maximum atomic E-state index is 14.0. The molecule has 17 heavy (non-hydrogen) atoms. The summed E-state index contributed by atoms with van der Waals surface area (Å²) in [6, 6.07) is 5.78. The van der Waals surface area contributed by atoms with E-state index in [2.05, 4.69) is 4.90 Å². The highest BCUT2D eigenvalue weighted by Crippen LogP contribution is 2.31. The van der Waals surface area contributed by atoms with Crippen LogP contribution in [0.15, 0.2) is 18.2 Å². The van der Waals surface area contributed by atoms with E-state index in [1.165, 1.54) is 25.7 Å². The van der Waals surface area contributed by atoms with Crippen LogP contribution in [0.1, 0.15) is 31.2 Å². The first-order chi connectivity index (χ1) is 8.24. The summed E-state index contributed by atoms with van der Waals surface area (Å²) in [6.07, 6.45) is 5.61. The highest BCUT2D eigenvalue weighted by molar-refractivity contribution is 5.55. The van der Waals surface area contributed by atoms with E-state index in [1.54, 1.807) is 12.1 Å². The van der Waals surface area contributed by atoms with Crippen molar-refractivity contribution in [3.63, 3.8) is 0 Å². The molecule has 1 aromatic carbocycles. The van der Waals surface area contributed by atoms with Crippen molar-refractivity contribution in [3.8, 4) is 0 Å². The van der Waals surface area contributed by atoms with E-state index in [9.17, 15) is 4.39 Å². The van der Waals surface area contributed by atoms with Crippen molar-refractivity contribution >= 4 is 5.69 Å². The average Bonchev–Trinajstić information content (AvgIpc) is 2.82. The van der Waals surface area contributed by atoms with Crippen molar-refractivity contribution < 1.29 is 4.39 Å². The lowest BCUT2D eigenvalue weighted by atomic mass is 10.1. The third-order valence-corrected chi connectivity index (χ3v) is 3.71. The lowest BCUT2D eigenvalue weighted by Gasteiger charge is -2.29. The van der Waals surface area contributed by atoms with Crippen molar-refractivity contribution in [1.29, 1.82) is 0 Å². The monoisotopic (exact) mass is 236 g/mol. The Morgan fingerprint density at radius 1 is 1.35 bits per heavy atom. The Labute approximate surface area is 103 Å². The molecule has 0 aromatic heterocycles. The van der Waals surface area contributed by atoms with Gasteiger partial charge in [-0.05, 0) is 37.4 Å². The van der Waals surface area contributed by atoms with Crippen molar-refractivity contribution in [2.24, 2.45) is 5.73 Å². The second-order valence-corrected chi connectivity index (χ2v) is 4.84. The van der Waals surface area contributed by atoms with Crippen LogP contribution in [-0.2, 0) is 6.42 Å². The highest BCUT2D eigenvalue weighted by atomic mass is 19.1. The summed E-state index contributed by atoms with van der Waals surface area (Å²) in [7, 11) is 2.01. The largest absolute Gasteiger partial charge is 0.369 e. The fourth-order valence-electron chi connectivity index (χ4n) is 2.79. The fourth-order valence-corrected chi connectivity index (χ4v) is 2.79. The Morgan fingerprint density at radius 3 is 2.71 bits per heavy atom. The summed E-state index contributed by atoms with van der Waals surface area (Å²) in [6.45, 7) is 0.564. The zero-order valence-electron chi connectivity index (χ0n) is 10.5. The number of benzene rings is 1. The van der Waals surface area contributed by atoms with Gasteiger partial charge >= 0.3 is 0 Å². The normalized spacial score (nSPS) is 16.4. The molecule has 0 radical (unpaired) electrons. The van der Waals surface area contributed by atoms with Gasteiger partial charge in [0.05, 0.1) is 5.69 Å². The summed E-state index contributed by atoms with van der Waals surface area (Å²) < 4.78 is 14.0. The minimum Gasteiger partial charge on any atom is -0.369 e. The van der Waals surface area contributed by atoms with Crippen LogP contribution in [0.5, 0.6) is 0 Å². The van der Waals surface area contributed by atoms with Crippen LogP contribution in [0.25, 0.3) is 0 Å². The van der Waals surface area contributed by atoms with Gasteiger partial charge in [0.25, 0.3) is 0 Å². The molecule has 1 aliphatic rings. The van der Waals surface area contributed by atoms with Crippen LogP contribution in [0.3, 0.4) is 0 Å². The van der Waals surface area contributed by atoms with Gasteiger partial charge in [0.2, 0.25) is 0 Å². The van der Waals surface area contributed by atoms with Crippen LogP contribution in [0, 0.1) is 5.82 Å². The first-order valence-electron chi connectivity index (χ1n) is 6.44. The smallest absolute Gasteiger partial charge is 0.146 e. The number of anilines is 1. The topological polar surface area (TPSA) is 29.3 Å². The molecule has 2 rings (SSSR count). The van der Waals surface area contributed by atoms with Crippen LogP contribution in [0.2, 0.25) is 0 Å². The van der Waals surface area contributed by atoms with Gasteiger partial charge in [0.15, 0.2) is 0 Å². The number of hydrogen-bond acceptors (Lipinski definition) is 2. The number of para-hydroxylation sites is 1. The predicted molar refractivity (Wildman–Crippen MR) is 69.8 cm³/mol. The minimum atomic E-state index is -0.120. The van der Waals surface area contributed by atoms with Crippen molar-refractivity contribution in [2.45, 2.75) is 38.1 Å². The van der Waals surface area contributed by atoms with Gasteiger partial charge in [-0.3, -0.25) is 0 Å². The summed E-state index contributed by atoms with van der Waals surface area (Å²) in [5.74, 6) is -0.120. The molecule has 0 amide bonds. The van der Waals surface area contributed by atoms with Crippen LogP contribution in [-0.4, -0.2) is 19.6 Å². The van der Waals surface area contributed by atoms with Crippen molar-refractivity contribution in [1.82, 2.24) is 0 Å². The molecule has 0 heterocycles. The lowest BCUT2D eigenvalue weighted by Crippen LogP contribution is -2.30. The Balaban J connectivity index is 2.28. The number of nitrogens with two attached hydrogens (primary N) is 1. The Morgan fingerprint density at radius 2 is 2.06 bits per heavy atom. The van der Waals surface area contributed by atoms with Crippen LogP contribution in [0.4, 0.5) is 10.1 Å². The number of hydrogen-bond donors (Lipinski definition) is 1. The van der Waals surface area contributed by atoms with Gasteiger partial charge in [-0.1, -0.05) is 25.0 Å². The average molecular weight is 236 g/mol. The first-order valence-corrected chi connectivity index (χ1v) is 6.44. The third kappa shape index (κ3) is 2.60. The molecule has 2 N–H and O–H groups in total. The predicted octanol–water partition coefficient (Wildman–Crippen LogP) is 2.71. The van der Waals surface area contributed by atoms with Crippen molar-refractivity contribution in [2.75, 3.05) is 18.5 Å². The van der Waals surface area contributed by atoms with Gasteiger partial charge in [-0.2, -0.15) is 0 Å². The summed E-state index contributed by atoms with van der Waals surface area (Å²) in [5.41, 5.74) is 7.38. The van der Waals surface area contributed by atoms with Gasteiger partial charge in [-0.25, -0.2) is 4.39 Å². The number of rotatable bonds is 4. The standard InChI is InChI=1S/C14H21FN2/c1-17(12-6-2-3-7-12)14-11(9-10-16)5-4-8-13(14)15/h4-5,8,12H,2-3,6-7,9-10,16H2,1H3. The molecule has 94 valence electrons. The van der Waals surface area contributed by atoms with Crippen LogP contribution >= 0.6 is 0 Å². The molecule has 1 fully saturated rings. The van der Waals surface area contributed by atoms with E-state index < -0.39 is 0 Å². The molecular weight excluding hydrogens is 215 g/mol. The molecule has 0 atom stereocenters. The van der Waals surface area contributed by atoms with Gasteiger partial charge in [-0.15, -0.1) is 0 Å². The molecule has 1 aliphatic carbocycles. The van der Waals surface area contributed by atoms with E-state index in [0.717, 1.165) is 17.7 Å². The molecule has 3 heteroatoms. The van der Waals surface area contributed by atoms with E-state index in [4.69, 9.17) is 5.73 Å². The second kappa shape index (κ2) is 5.50. The van der Waals surface area contributed by atoms with Gasteiger partial charge in [0, 0.05) is 13.1 Å². The molecule has 0 spiro atoms. The molecular formula is C14H21FN2. The van der Waals surface area contributed by atoms with E-state index in [-0.39, 0.29) is 5.82 Å². The lowest BCUT2D eigenvalue weighted by molar-refractivity contribution is 0.592. The summed E-state index contributed by atoms with van der Waals surface area (Å²) in [4.78, 5) is 2.12. The second-order valence-electron chi connectivity index (χ2n) is 4.84. The SMILES string of the molecule is CN(c1c(F)cccc1CCN)C1CCCC1. The minimum absolute atomic E-state index is 0.120. The van der Waals surface area contributed by atoms with E-state index in [1.807, 2.05) is 13.1 Å². The first kappa shape index (κ1) is 12.4. The van der Waals surface area contributed by atoms with Crippen LogP contribution < -0.4 is 10.6 Å². The maximum absolute atomic E-state index is 14.0. The van der Waals surface area contributed by atoms with Gasteiger partial charge in [0.1, 0.15) is 5.82 Å². The van der Waals surface area contributed by atoms with E-state index in [0.29, 0.717) is 12.6 Å². The molecule has 0 aliphatic heterocycles. The molecule has 2 nitrogen and oxygen atoms in total. The molecule has 0 saturated heterocycles. The van der Waals surface area contributed by atoms with Crippen molar-refractivity contribution in [3.05, 3.63) is 29.6 Å². The Hall–Kier alpha value is -1.09. The molecule has 0 bridgehead atoms. The number of nitrogens with zero attached hydrogens (tertiary/aromatic N) is 1. The Bertz CT molecular complexity index is 372. The maximum Gasteiger partial charge on any atom is 0.146 e. The Kier molecular flexibility index (Phi) is 4.00. The third-order valence-electron chi connectivity index (χ3n) is 3.71. The molecule has 1 saturated carbocycles. The van der Waals surface area contributed by atoms with Gasteiger partial charge < -0.3 is 10.6 Å². The zero-order valence-corrected chi connectivity index (χ0v) is 10.5. The quantitative estimate of drug-likeness (QED) is 0.871. The fraction of sp³-hybridized carbons (Fsp3) is 0.571. The molecule has 0 unspecified atom stereocenters.